The Bertz CT molecular complexity index is 681. The van der Waals surface area contributed by atoms with Crippen LogP contribution in [0.3, 0.4) is 0 Å². The first-order chi connectivity index (χ1) is 13.4. The molecule has 3 aliphatic rings. The minimum Gasteiger partial charge on any atom is -0.357 e. The lowest BCUT2D eigenvalue weighted by atomic mass is 10.1. The molecule has 2 aliphatic heterocycles. The first kappa shape index (κ1) is 24.6. The number of likely N-dealkylation sites (tertiary alicyclic amines) is 1. The van der Waals surface area contributed by atoms with E-state index in [4.69, 9.17) is 0 Å². The second kappa shape index (κ2) is 11.1. The number of halogens is 1. The molecule has 2 heterocycles. The van der Waals surface area contributed by atoms with Crippen molar-refractivity contribution in [2.45, 2.75) is 64.0 Å². The minimum absolute atomic E-state index is 0. The Balaban J connectivity index is 0.00000300. The van der Waals surface area contributed by atoms with Crippen LogP contribution in [0.25, 0.3) is 0 Å². The van der Waals surface area contributed by atoms with Gasteiger partial charge in [0, 0.05) is 44.2 Å². The van der Waals surface area contributed by atoms with Crippen molar-refractivity contribution in [3.8, 4) is 0 Å². The van der Waals surface area contributed by atoms with Gasteiger partial charge in [-0.3, -0.25) is 9.79 Å². The van der Waals surface area contributed by atoms with Gasteiger partial charge in [0.25, 0.3) is 0 Å². The molecule has 8 nitrogen and oxygen atoms in total. The number of guanidine groups is 1. The van der Waals surface area contributed by atoms with Crippen LogP contribution in [0.2, 0.25) is 0 Å². The lowest BCUT2D eigenvalue weighted by molar-refractivity contribution is -0.134. The molecule has 1 amide bonds. The molecule has 29 heavy (non-hydrogen) atoms. The summed E-state index contributed by atoms with van der Waals surface area (Å²) < 4.78 is 25.4. The predicted molar refractivity (Wildman–Crippen MR) is 126 cm³/mol. The van der Waals surface area contributed by atoms with Gasteiger partial charge in [-0.1, -0.05) is 12.8 Å². The van der Waals surface area contributed by atoms with E-state index in [1.165, 1.54) is 19.1 Å². The van der Waals surface area contributed by atoms with Gasteiger partial charge >= 0.3 is 0 Å². The summed E-state index contributed by atoms with van der Waals surface area (Å²) in [5.41, 5.74) is 0. The van der Waals surface area contributed by atoms with Crippen LogP contribution in [-0.2, 0) is 14.8 Å². The maximum Gasteiger partial charge on any atom is 0.225 e. The Morgan fingerprint density at radius 1 is 1.10 bits per heavy atom. The zero-order chi connectivity index (χ0) is 20.1. The van der Waals surface area contributed by atoms with Crippen LogP contribution in [0.1, 0.15) is 51.9 Å². The van der Waals surface area contributed by atoms with E-state index in [9.17, 15) is 13.2 Å². The summed E-state index contributed by atoms with van der Waals surface area (Å²) in [4.78, 5) is 19.3. The molecular formula is C19H36IN5O3S. The number of carbonyl (C=O) groups is 1. The Kier molecular flexibility index (Phi) is 9.46. The highest BCUT2D eigenvalue weighted by atomic mass is 127. The second-order valence-electron chi connectivity index (χ2n) is 8.28. The Labute approximate surface area is 192 Å². The van der Waals surface area contributed by atoms with Crippen molar-refractivity contribution in [1.82, 2.24) is 19.8 Å². The third-order valence-electron chi connectivity index (χ3n) is 6.10. The molecule has 1 aliphatic carbocycles. The van der Waals surface area contributed by atoms with Crippen molar-refractivity contribution in [2.75, 3.05) is 39.0 Å². The number of nitrogens with one attached hydrogen (secondary N) is 2. The maximum atomic E-state index is 12.6. The van der Waals surface area contributed by atoms with E-state index in [-0.39, 0.29) is 42.0 Å². The molecule has 1 unspecified atom stereocenters. The molecule has 0 spiro atoms. The standard InChI is InChI=1S/C19H35N5O3S.HI/c1-3-20-19(21-13-17-9-6-11-24(17)28(2,26)27)22-16-10-12-23(14-16)18(25)15-7-4-5-8-15;/h15-17H,3-14H2,1-2H3,(H2,20,21,22);1H/t16?,17-;/m1./s1. The predicted octanol–water partition coefficient (Wildman–Crippen LogP) is 1.37. The Hall–Kier alpha value is -0.620. The number of amides is 1. The number of hydrogen-bond acceptors (Lipinski definition) is 4. The summed E-state index contributed by atoms with van der Waals surface area (Å²) in [5, 5.41) is 6.70. The average molecular weight is 542 g/mol. The molecule has 0 aromatic rings. The van der Waals surface area contributed by atoms with Crippen molar-refractivity contribution >= 4 is 45.9 Å². The van der Waals surface area contributed by atoms with Gasteiger partial charge in [0.15, 0.2) is 5.96 Å². The van der Waals surface area contributed by atoms with Crippen LogP contribution in [0, 0.1) is 5.92 Å². The topological polar surface area (TPSA) is 94.1 Å². The van der Waals surface area contributed by atoms with Crippen molar-refractivity contribution in [3.63, 3.8) is 0 Å². The third kappa shape index (κ3) is 6.68. The molecule has 2 saturated heterocycles. The molecule has 2 atom stereocenters. The summed E-state index contributed by atoms with van der Waals surface area (Å²) in [5.74, 6) is 1.26. The summed E-state index contributed by atoms with van der Waals surface area (Å²) in [6.45, 7) is 5.32. The van der Waals surface area contributed by atoms with Gasteiger partial charge < -0.3 is 15.5 Å². The molecule has 168 valence electrons. The van der Waals surface area contributed by atoms with E-state index in [0.717, 1.165) is 51.7 Å². The van der Waals surface area contributed by atoms with Crippen molar-refractivity contribution in [2.24, 2.45) is 10.9 Å². The van der Waals surface area contributed by atoms with Gasteiger partial charge in [-0.25, -0.2) is 8.42 Å². The van der Waals surface area contributed by atoms with Crippen molar-refractivity contribution in [3.05, 3.63) is 0 Å². The Morgan fingerprint density at radius 2 is 1.83 bits per heavy atom. The molecule has 0 radical (unpaired) electrons. The number of hydrogen-bond donors (Lipinski definition) is 2. The zero-order valence-corrected chi connectivity index (χ0v) is 20.7. The highest BCUT2D eigenvalue weighted by Gasteiger charge is 2.33. The molecule has 0 bridgehead atoms. The fourth-order valence-corrected chi connectivity index (χ4v) is 5.82. The van der Waals surface area contributed by atoms with Crippen LogP contribution >= 0.6 is 24.0 Å². The molecule has 2 N–H and O–H groups in total. The monoisotopic (exact) mass is 541 g/mol. The second-order valence-corrected chi connectivity index (χ2v) is 10.2. The van der Waals surface area contributed by atoms with Crippen LogP contribution in [0.5, 0.6) is 0 Å². The van der Waals surface area contributed by atoms with E-state index in [1.54, 1.807) is 4.31 Å². The quantitative estimate of drug-likeness (QED) is 0.301. The van der Waals surface area contributed by atoms with Crippen molar-refractivity contribution < 1.29 is 13.2 Å². The lowest BCUT2D eigenvalue weighted by Crippen LogP contribution is -2.46. The van der Waals surface area contributed by atoms with Gasteiger partial charge in [0.2, 0.25) is 15.9 Å². The van der Waals surface area contributed by atoms with Gasteiger partial charge in [-0.05, 0) is 39.0 Å². The average Bonchev–Trinajstić information content (AvgIpc) is 3.39. The van der Waals surface area contributed by atoms with E-state index in [0.29, 0.717) is 25.0 Å². The molecule has 0 aromatic carbocycles. The van der Waals surface area contributed by atoms with Crippen LogP contribution in [-0.4, -0.2) is 80.6 Å². The number of sulfonamides is 1. The van der Waals surface area contributed by atoms with E-state index < -0.39 is 10.0 Å². The molecule has 3 fully saturated rings. The maximum absolute atomic E-state index is 12.6. The normalized spacial score (nSPS) is 26.6. The van der Waals surface area contributed by atoms with Gasteiger partial charge in [0.1, 0.15) is 0 Å². The number of rotatable bonds is 6. The summed E-state index contributed by atoms with van der Waals surface area (Å²) >= 11 is 0. The number of carbonyl (C=O) groups excluding carboxylic acids is 1. The first-order valence-corrected chi connectivity index (χ1v) is 12.5. The van der Waals surface area contributed by atoms with Gasteiger partial charge in [-0.15, -0.1) is 24.0 Å². The van der Waals surface area contributed by atoms with E-state index >= 15 is 0 Å². The summed E-state index contributed by atoms with van der Waals surface area (Å²) in [6, 6.07) is 0.132. The van der Waals surface area contributed by atoms with Crippen LogP contribution in [0.15, 0.2) is 4.99 Å². The number of nitrogens with zero attached hydrogens (tertiary/aromatic N) is 3. The molecule has 3 rings (SSSR count). The fraction of sp³-hybridized carbons (Fsp3) is 0.895. The molecule has 10 heteroatoms. The number of aliphatic imine (C=N–C) groups is 1. The van der Waals surface area contributed by atoms with Crippen LogP contribution < -0.4 is 10.6 Å². The van der Waals surface area contributed by atoms with E-state index in [2.05, 4.69) is 15.6 Å². The highest BCUT2D eigenvalue weighted by Crippen LogP contribution is 2.28. The fourth-order valence-electron chi connectivity index (χ4n) is 4.65. The zero-order valence-electron chi connectivity index (χ0n) is 17.6. The summed E-state index contributed by atoms with van der Waals surface area (Å²) in [7, 11) is -3.18. The molecular weight excluding hydrogens is 505 g/mol. The lowest BCUT2D eigenvalue weighted by Gasteiger charge is -2.23. The minimum atomic E-state index is -3.18. The van der Waals surface area contributed by atoms with Gasteiger partial charge in [0.05, 0.1) is 12.8 Å². The molecule has 0 aromatic heterocycles. The summed E-state index contributed by atoms with van der Waals surface area (Å²) in [6.07, 6.45) is 8.35. The van der Waals surface area contributed by atoms with E-state index in [1.807, 2.05) is 11.8 Å². The highest BCUT2D eigenvalue weighted by molar-refractivity contribution is 14.0. The smallest absolute Gasteiger partial charge is 0.225 e. The molecule has 1 saturated carbocycles. The van der Waals surface area contributed by atoms with Crippen molar-refractivity contribution in [1.29, 1.82) is 0 Å². The van der Waals surface area contributed by atoms with Gasteiger partial charge in [-0.2, -0.15) is 4.31 Å². The first-order valence-electron chi connectivity index (χ1n) is 10.7. The largest absolute Gasteiger partial charge is 0.357 e. The van der Waals surface area contributed by atoms with Crippen LogP contribution in [0.4, 0.5) is 0 Å². The Morgan fingerprint density at radius 3 is 2.48 bits per heavy atom. The SMILES string of the molecule is CCNC(=NC[C@H]1CCCN1S(C)(=O)=O)NC1CCN(C(=O)C2CCCC2)C1.I. The third-order valence-corrected chi connectivity index (χ3v) is 7.43.